The molecule has 0 bridgehead atoms. The van der Waals surface area contributed by atoms with Gasteiger partial charge in [0.2, 0.25) is 0 Å². The Morgan fingerprint density at radius 1 is 1.62 bits per heavy atom. The zero-order valence-corrected chi connectivity index (χ0v) is 7.65. The van der Waals surface area contributed by atoms with E-state index >= 15 is 0 Å². The van der Waals surface area contributed by atoms with Gasteiger partial charge in [-0.2, -0.15) is 0 Å². The van der Waals surface area contributed by atoms with Gasteiger partial charge in [0, 0.05) is 0 Å². The molecule has 42 valence electrons. The molecule has 0 aromatic carbocycles. The van der Waals surface area contributed by atoms with Crippen LogP contribution in [0, 0.1) is 6.42 Å². The Bertz CT molecular complexity index is 68.4. The van der Waals surface area contributed by atoms with Gasteiger partial charge in [0.05, 0.1) is 6.61 Å². The molecule has 0 spiro atoms. The molecule has 4 heteroatoms. The molecule has 0 N–H and O–H groups in total. The van der Waals surface area contributed by atoms with E-state index in [-0.39, 0.29) is 49.0 Å². The number of rotatable bonds is 0. The average molecular weight is 141 g/mol. The van der Waals surface area contributed by atoms with E-state index in [0.717, 1.165) is 6.42 Å². The second-order valence-electron chi connectivity index (χ2n) is 1.16. The molecule has 0 radical (unpaired) electrons. The number of carbonyl (C=O) groups excluding carboxylic acids is 1. The third-order valence-electron chi connectivity index (χ3n) is 0.673. The summed E-state index contributed by atoms with van der Waals surface area (Å²) >= 11 is 0. The smallest absolute Gasteiger partial charge is 0.813 e. The van der Waals surface area contributed by atoms with Gasteiger partial charge in [-0.1, -0.05) is 0 Å². The summed E-state index contributed by atoms with van der Waals surface area (Å²) in [5, 5.41) is 0. The van der Waals surface area contributed by atoms with Crippen molar-refractivity contribution >= 4 is 19.5 Å². The van der Waals surface area contributed by atoms with E-state index in [4.69, 9.17) is 0 Å². The Hall–Kier alpha value is 0.690. The van der Waals surface area contributed by atoms with Crippen molar-refractivity contribution in [2.45, 2.75) is 6.42 Å². The van der Waals surface area contributed by atoms with Gasteiger partial charge in [0.25, 0.3) is 0 Å². The zero-order chi connectivity index (χ0) is 4.41. The van der Waals surface area contributed by atoms with Gasteiger partial charge < -0.3 is 18.2 Å². The maximum Gasteiger partial charge on any atom is 1.00 e. The molecular weight excluding hydrogens is 135 g/mol. The number of carbonyl (C=O) groups is 1. The molecule has 0 aromatic rings. The number of hydrogen-bond donors (Lipinski definition) is 0. The molecule has 1 aliphatic heterocycles. The van der Waals surface area contributed by atoms with E-state index in [1.54, 1.807) is 6.42 Å². The third-order valence-corrected chi connectivity index (χ3v) is 0.673. The fraction of sp³-hybridized carbons (Fsp3) is 0.500. The Balaban J connectivity index is 0. The van der Waals surface area contributed by atoms with Crippen LogP contribution in [-0.4, -0.2) is 12.6 Å². The van der Waals surface area contributed by atoms with Gasteiger partial charge in [-0.25, -0.2) is 0 Å². The topological polar surface area (TPSA) is 26.3 Å². The molecule has 0 unspecified atom stereocenters. The summed E-state index contributed by atoms with van der Waals surface area (Å²) in [6.45, 7) is 0.582. The van der Waals surface area contributed by atoms with Crippen LogP contribution >= 0.6 is 0 Å². The van der Waals surface area contributed by atoms with Crippen LogP contribution in [0.2, 0.25) is 0 Å². The van der Waals surface area contributed by atoms with Crippen molar-refractivity contribution in [3.05, 3.63) is 6.42 Å². The molecular formula is C4H6NaO2S-. The summed E-state index contributed by atoms with van der Waals surface area (Å²) in [5.41, 5.74) is 0. The standard InChI is InChI=1S/C4H5O2.Na.H2S/c5-4-2-1-3-6-4;;/h2H,1,3H2;;1H2/q-1;+1;/p-1. The summed E-state index contributed by atoms with van der Waals surface area (Å²) in [5.74, 6) is -0.171. The number of thiol groups is 1. The maximum absolute atomic E-state index is 9.97. The van der Waals surface area contributed by atoms with Gasteiger partial charge in [-0.15, -0.1) is 6.42 Å². The van der Waals surface area contributed by atoms with Crippen LogP contribution in [0.4, 0.5) is 0 Å². The Kier molecular flexibility index (Phi) is 8.35. The van der Waals surface area contributed by atoms with Crippen LogP contribution < -0.4 is 29.6 Å². The number of cyclic esters (lactones) is 1. The Morgan fingerprint density at radius 3 is 2.38 bits per heavy atom. The van der Waals surface area contributed by atoms with E-state index in [0.29, 0.717) is 6.61 Å². The molecule has 1 fully saturated rings. The van der Waals surface area contributed by atoms with Gasteiger partial charge in [0.15, 0.2) is 5.97 Å². The van der Waals surface area contributed by atoms with Crippen LogP contribution in [0.5, 0.6) is 0 Å². The minimum atomic E-state index is -0.171. The second-order valence-corrected chi connectivity index (χ2v) is 1.16. The zero-order valence-electron chi connectivity index (χ0n) is 4.76. The first-order valence-corrected chi connectivity index (χ1v) is 1.89. The van der Waals surface area contributed by atoms with Crippen molar-refractivity contribution in [3.63, 3.8) is 0 Å². The third kappa shape index (κ3) is 3.66. The normalized spacial score (nSPS) is 14.8. The molecule has 0 aromatic heterocycles. The molecule has 8 heavy (non-hydrogen) atoms. The van der Waals surface area contributed by atoms with Gasteiger partial charge in [-0.05, 0) is 0 Å². The quantitative estimate of drug-likeness (QED) is 0.117. The molecule has 0 amide bonds. The maximum atomic E-state index is 9.97. The van der Waals surface area contributed by atoms with Crippen molar-refractivity contribution in [1.29, 1.82) is 0 Å². The van der Waals surface area contributed by atoms with E-state index in [1.165, 1.54) is 0 Å². The molecule has 1 aliphatic rings. The molecule has 0 atom stereocenters. The number of ether oxygens (including phenoxy) is 1. The van der Waals surface area contributed by atoms with Crippen LogP contribution in [0.25, 0.3) is 0 Å². The largest absolute Gasteiger partial charge is 1.00 e. The fourth-order valence-corrected chi connectivity index (χ4v) is 0.395. The Labute approximate surface area is 77.7 Å². The predicted octanol–water partition coefficient (Wildman–Crippen LogP) is -3.13. The fourth-order valence-electron chi connectivity index (χ4n) is 0.395. The summed E-state index contributed by atoms with van der Waals surface area (Å²) in [6.07, 6.45) is 2.33. The molecule has 2 nitrogen and oxygen atoms in total. The Morgan fingerprint density at radius 2 is 2.25 bits per heavy atom. The minimum Gasteiger partial charge on any atom is -0.813 e. The van der Waals surface area contributed by atoms with Crippen molar-refractivity contribution in [2.75, 3.05) is 6.61 Å². The van der Waals surface area contributed by atoms with Crippen molar-refractivity contribution in [2.24, 2.45) is 0 Å². The van der Waals surface area contributed by atoms with Crippen molar-refractivity contribution < 1.29 is 39.1 Å². The molecule has 1 heterocycles. The summed E-state index contributed by atoms with van der Waals surface area (Å²) in [6, 6.07) is 0. The van der Waals surface area contributed by atoms with Gasteiger partial charge in [0.1, 0.15) is 0 Å². The van der Waals surface area contributed by atoms with Crippen LogP contribution in [0.1, 0.15) is 6.42 Å². The van der Waals surface area contributed by atoms with Gasteiger partial charge >= 0.3 is 29.6 Å². The molecule has 1 saturated heterocycles. The van der Waals surface area contributed by atoms with E-state index < -0.39 is 0 Å². The number of hydrogen-bond acceptors (Lipinski definition) is 3. The van der Waals surface area contributed by atoms with Crippen molar-refractivity contribution in [1.82, 2.24) is 0 Å². The number of esters is 1. The first kappa shape index (κ1) is 11.5. The van der Waals surface area contributed by atoms with Crippen LogP contribution in [-0.2, 0) is 23.0 Å². The van der Waals surface area contributed by atoms with E-state index in [2.05, 4.69) is 4.74 Å². The average Bonchev–Trinajstić information content (AvgIpc) is 1.86. The van der Waals surface area contributed by atoms with Crippen LogP contribution in [0.3, 0.4) is 0 Å². The summed E-state index contributed by atoms with van der Waals surface area (Å²) < 4.78 is 4.46. The second kappa shape index (κ2) is 5.82. The molecule has 0 aliphatic carbocycles. The molecule has 0 saturated carbocycles. The first-order valence-electron chi connectivity index (χ1n) is 1.89. The monoisotopic (exact) mass is 141 g/mol. The van der Waals surface area contributed by atoms with E-state index in [9.17, 15) is 4.79 Å². The predicted molar refractivity (Wildman–Crippen MR) is 28.6 cm³/mol. The summed E-state index contributed by atoms with van der Waals surface area (Å²) in [7, 11) is 0. The summed E-state index contributed by atoms with van der Waals surface area (Å²) in [4.78, 5) is 9.97. The first-order chi connectivity index (χ1) is 2.89. The van der Waals surface area contributed by atoms with Gasteiger partial charge in [-0.3, -0.25) is 11.2 Å². The minimum absolute atomic E-state index is 0. The van der Waals surface area contributed by atoms with Crippen LogP contribution in [0.15, 0.2) is 0 Å². The van der Waals surface area contributed by atoms with E-state index in [1.807, 2.05) is 0 Å². The van der Waals surface area contributed by atoms with Crippen molar-refractivity contribution in [3.8, 4) is 0 Å². The molecule has 1 rings (SSSR count). The SMILES string of the molecule is O=C1[CH-]CCO1.[Na+].[SH-].